The maximum absolute atomic E-state index is 12.0. The van der Waals surface area contributed by atoms with Gasteiger partial charge in [0, 0.05) is 12.1 Å². The fourth-order valence-electron chi connectivity index (χ4n) is 0.603. The molecule has 0 radical (unpaired) electrons. The molecule has 0 amide bonds. The second-order valence-electron chi connectivity index (χ2n) is 2.07. The number of carboxylic acids is 1. The summed E-state index contributed by atoms with van der Waals surface area (Å²) >= 11 is -0.0549. The van der Waals surface area contributed by atoms with E-state index in [0.717, 1.165) is 0 Å². The fourth-order valence-corrected chi connectivity index (χ4v) is 1.06. The van der Waals surface area contributed by atoms with Gasteiger partial charge in [-0.2, -0.15) is 3.89 Å². The van der Waals surface area contributed by atoms with Crippen LogP contribution in [0.15, 0.2) is 0 Å². The van der Waals surface area contributed by atoms with Crippen LogP contribution in [0.2, 0.25) is 0 Å². The second kappa shape index (κ2) is 5.34. The van der Waals surface area contributed by atoms with E-state index in [1.54, 1.807) is 0 Å². The van der Waals surface area contributed by atoms with Crippen molar-refractivity contribution in [1.29, 1.82) is 0 Å². The Morgan fingerprint density at radius 2 is 2.27 bits per heavy atom. The molecule has 0 aliphatic heterocycles. The van der Waals surface area contributed by atoms with E-state index in [1.807, 2.05) is 0 Å². The first-order chi connectivity index (χ1) is 5.13. The molecule has 66 valence electrons. The third kappa shape index (κ3) is 3.54. The van der Waals surface area contributed by atoms with Gasteiger partial charge in [-0.1, -0.05) is 0 Å². The zero-order chi connectivity index (χ0) is 8.85. The molecular weight excluding hydrogens is 171 g/mol. The molecule has 5 N–H and O–H groups in total. The summed E-state index contributed by atoms with van der Waals surface area (Å²) in [4.78, 5) is 10.2. The Labute approximate surface area is 68.4 Å². The molecule has 4 nitrogen and oxygen atoms in total. The van der Waals surface area contributed by atoms with Gasteiger partial charge in [0.15, 0.2) is 0 Å². The summed E-state index contributed by atoms with van der Waals surface area (Å²) in [6, 6.07) is -1.17. The highest BCUT2D eigenvalue weighted by atomic mass is 32.2. The van der Waals surface area contributed by atoms with Crippen LogP contribution in [0.25, 0.3) is 0 Å². The van der Waals surface area contributed by atoms with Crippen LogP contribution >= 0.6 is 12.1 Å². The molecule has 2 atom stereocenters. The van der Waals surface area contributed by atoms with E-state index in [0.29, 0.717) is 0 Å². The highest BCUT2D eigenvalue weighted by Gasteiger charge is 2.24. The molecule has 0 bridgehead atoms. The first-order valence-electron chi connectivity index (χ1n) is 3.09. The van der Waals surface area contributed by atoms with Gasteiger partial charge >= 0.3 is 5.97 Å². The molecule has 0 aromatic carbocycles. The Kier molecular flexibility index (Phi) is 5.18. The Morgan fingerprint density at radius 1 is 1.73 bits per heavy atom. The summed E-state index contributed by atoms with van der Waals surface area (Å²) in [6.07, 6.45) is 0.272. The fraction of sp³-hybridized carbons (Fsp3) is 0.800. The summed E-state index contributed by atoms with van der Waals surface area (Å²) in [5.41, 5.74) is 10.3. The molecule has 0 fully saturated rings. The van der Waals surface area contributed by atoms with E-state index in [-0.39, 0.29) is 25.1 Å². The van der Waals surface area contributed by atoms with Crippen molar-refractivity contribution in [2.75, 3.05) is 6.54 Å². The molecule has 2 unspecified atom stereocenters. The van der Waals surface area contributed by atoms with Crippen molar-refractivity contribution in [3.63, 3.8) is 0 Å². The van der Waals surface area contributed by atoms with Gasteiger partial charge in [-0.05, 0) is 13.0 Å². The lowest BCUT2D eigenvalue weighted by molar-refractivity contribution is -0.138. The van der Waals surface area contributed by atoms with E-state index < -0.39 is 17.3 Å². The number of aliphatic carboxylic acids is 1. The molecule has 0 saturated heterocycles. The molecule has 0 aliphatic rings. The van der Waals surface area contributed by atoms with Crippen molar-refractivity contribution in [3.8, 4) is 0 Å². The van der Waals surface area contributed by atoms with Crippen LogP contribution in [0.1, 0.15) is 6.42 Å². The maximum atomic E-state index is 12.0. The van der Waals surface area contributed by atoms with Crippen molar-refractivity contribution in [1.82, 2.24) is 0 Å². The zero-order valence-corrected chi connectivity index (χ0v) is 6.68. The van der Waals surface area contributed by atoms with Gasteiger partial charge in [0.1, 0.15) is 6.04 Å². The molecule has 0 aliphatic carbocycles. The van der Waals surface area contributed by atoms with Crippen LogP contribution in [0.4, 0.5) is 3.89 Å². The van der Waals surface area contributed by atoms with Gasteiger partial charge in [-0.25, -0.2) is 0 Å². The number of halogens is 1. The Balaban J connectivity index is 3.91. The monoisotopic (exact) mass is 182 g/mol. The van der Waals surface area contributed by atoms with Gasteiger partial charge in [0.2, 0.25) is 0 Å². The Hall–Kier alpha value is -0.330. The predicted molar refractivity (Wildman–Crippen MR) is 41.8 cm³/mol. The van der Waals surface area contributed by atoms with Crippen LogP contribution in [-0.4, -0.2) is 28.9 Å². The van der Waals surface area contributed by atoms with Crippen molar-refractivity contribution < 1.29 is 13.8 Å². The minimum Gasteiger partial charge on any atom is -0.480 e. The average Bonchev–Trinajstić information content (AvgIpc) is 1.98. The molecule has 0 aromatic rings. The van der Waals surface area contributed by atoms with E-state index in [2.05, 4.69) is 0 Å². The van der Waals surface area contributed by atoms with Crippen LogP contribution in [0.3, 0.4) is 0 Å². The number of carboxylic acid groups (broad SMARTS) is 1. The van der Waals surface area contributed by atoms with Crippen molar-refractivity contribution >= 4 is 18.1 Å². The van der Waals surface area contributed by atoms with Gasteiger partial charge in [-0.3, -0.25) is 4.79 Å². The zero-order valence-electron chi connectivity index (χ0n) is 5.87. The largest absolute Gasteiger partial charge is 0.480 e. The van der Waals surface area contributed by atoms with Crippen LogP contribution in [0, 0.1) is 0 Å². The third-order valence-electron chi connectivity index (χ3n) is 1.25. The molecule has 11 heavy (non-hydrogen) atoms. The molecule has 0 heterocycles. The van der Waals surface area contributed by atoms with Gasteiger partial charge in [0.25, 0.3) is 0 Å². The quantitative estimate of drug-likeness (QED) is 0.544. The average molecular weight is 182 g/mol. The van der Waals surface area contributed by atoms with E-state index in [1.165, 1.54) is 0 Å². The minimum atomic E-state index is -1.20. The van der Waals surface area contributed by atoms with E-state index >= 15 is 0 Å². The highest BCUT2D eigenvalue weighted by Crippen LogP contribution is 2.17. The highest BCUT2D eigenvalue weighted by molar-refractivity contribution is 7.95. The van der Waals surface area contributed by atoms with Crippen LogP contribution in [0.5, 0.6) is 0 Å². The first-order valence-corrected chi connectivity index (χ1v) is 3.87. The minimum absolute atomic E-state index is 0.0549. The summed E-state index contributed by atoms with van der Waals surface area (Å²) in [5, 5.41) is 7.63. The second-order valence-corrected chi connectivity index (χ2v) is 2.85. The van der Waals surface area contributed by atoms with Gasteiger partial charge in [-0.15, -0.1) is 0 Å². The number of carbonyl (C=O) groups is 1. The number of hydrogen-bond donors (Lipinski definition) is 3. The molecule has 0 spiro atoms. The van der Waals surface area contributed by atoms with Gasteiger partial charge < -0.3 is 16.6 Å². The van der Waals surface area contributed by atoms with Gasteiger partial charge in [0.05, 0.1) is 5.25 Å². The predicted octanol–water partition coefficient (Wildman–Crippen LogP) is -0.267. The Morgan fingerprint density at radius 3 is 2.55 bits per heavy atom. The summed E-state index contributed by atoms with van der Waals surface area (Å²) in [6.45, 7) is 0.239. The molecule has 0 aromatic heterocycles. The third-order valence-corrected chi connectivity index (χ3v) is 2.01. The summed E-state index contributed by atoms with van der Waals surface area (Å²) in [5.74, 6) is -1.20. The molecule has 0 rings (SSSR count). The smallest absolute Gasteiger partial charge is 0.321 e. The number of nitrogens with two attached hydrogens (primary N) is 2. The molecule has 0 saturated carbocycles. The number of rotatable bonds is 5. The SMILES string of the molecule is NCCC(SF)C(N)C(=O)O. The maximum Gasteiger partial charge on any atom is 0.321 e. The van der Waals surface area contributed by atoms with Crippen molar-refractivity contribution in [2.24, 2.45) is 11.5 Å². The van der Waals surface area contributed by atoms with Crippen LogP contribution in [-0.2, 0) is 4.79 Å². The van der Waals surface area contributed by atoms with Crippen molar-refractivity contribution in [2.45, 2.75) is 17.7 Å². The van der Waals surface area contributed by atoms with E-state index in [9.17, 15) is 8.68 Å². The standard InChI is InChI=1S/C5H11FN2O2S/c6-11-3(1-2-7)4(8)5(9)10/h3-4H,1-2,7-8H2,(H,9,10). The lowest BCUT2D eigenvalue weighted by Gasteiger charge is -2.14. The van der Waals surface area contributed by atoms with Crippen LogP contribution < -0.4 is 11.5 Å². The number of hydrogen-bond acceptors (Lipinski definition) is 4. The molecular formula is C5H11FN2O2S. The first kappa shape index (κ1) is 10.7. The van der Waals surface area contributed by atoms with E-state index in [4.69, 9.17) is 16.6 Å². The molecule has 6 heteroatoms. The van der Waals surface area contributed by atoms with Crippen molar-refractivity contribution in [3.05, 3.63) is 0 Å². The summed E-state index contributed by atoms with van der Waals surface area (Å²) < 4.78 is 12.0. The normalized spacial score (nSPS) is 15.9. The lowest BCUT2D eigenvalue weighted by atomic mass is 10.1. The summed E-state index contributed by atoms with van der Waals surface area (Å²) in [7, 11) is 0. The lowest BCUT2D eigenvalue weighted by Crippen LogP contribution is -2.40. The Bertz CT molecular complexity index is 136. The topological polar surface area (TPSA) is 89.3 Å².